The van der Waals surface area contributed by atoms with Crippen molar-refractivity contribution >= 4 is 22.7 Å². The minimum Gasteiger partial charge on any atom is -0.508 e. The van der Waals surface area contributed by atoms with Gasteiger partial charge in [0.25, 0.3) is 0 Å². The van der Waals surface area contributed by atoms with E-state index in [4.69, 9.17) is 4.42 Å². The molecule has 0 spiro atoms. The number of hydrogen-bond donors (Lipinski definition) is 3. The summed E-state index contributed by atoms with van der Waals surface area (Å²) in [5, 5.41) is 20.6. The van der Waals surface area contributed by atoms with Gasteiger partial charge in [0.15, 0.2) is 5.58 Å². The van der Waals surface area contributed by atoms with Gasteiger partial charge in [-0.1, -0.05) is 32.0 Å². The summed E-state index contributed by atoms with van der Waals surface area (Å²) in [6.45, 7) is 4.85. The van der Waals surface area contributed by atoms with Gasteiger partial charge in [-0.2, -0.15) is 0 Å². The molecule has 0 bridgehead atoms. The third kappa shape index (κ3) is 3.98. The maximum absolute atomic E-state index is 12.4. The van der Waals surface area contributed by atoms with Crippen molar-refractivity contribution in [3.05, 3.63) is 58.1 Å². The van der Waals surface area contributed by atoms with Gasteiger partial charge in [-0.3, -0.25) is 9.78 Å². The van der Waals surface area contributed by atoms with E-state index in [0.717, 1.165) is 17.7 Å². The number of H-pyrrole nitrogens is 1. The summed E-state index contributed by atoms with van der Waals surface area (Å²) in [5.74, 6) is -0.546. The van der Waals surface area contributed by atoms with Crippen molar-refractivity contribution in [3.63, 3.8) is 0 Å². The maximum atomic E-state index is 12.4. The van der Waals surface area contributed by atoms with Gasteiger partial charge in [-0.25, -0.2) is 4.79 Å². The summed E-state index contributed by atoms with van der Waals surface area (Å²) in [6, 6.07) is 10.7. The molecule has 3 N–H and O–H groups in total. The summed E-state index contributed by atoms with van der Waals surface area (Å²) in [6.07, 6.45) is 1.49. The molecule has 2 heterocycles. The van der Waals surface area contributed by atoms with Crippen LogP contribution >= 0.6 is 0 Å². The number of aliphatic hydroxyl groups is 1. The average molecular weight is 410 g/mol. The number of phenolic OH excluding ortho intramolecular Hbond substituents is 1. The molecule has 30 heavy (non-hydrogen) atoms. The lowest BCUT2D eigenvalue weighted by Crippen LogP contribution is -2.31. The number of anilines is 1. The number of carbonyl (C=O) groups is 1. The van der Waals surface area contributed by atoms with Gasteiger partial charge in [0.1, 0.15) is 5.75 Å². The highest BCUT2D eigenvalue weighted by Gasteiger charge is 2.29. The van der Waals surface area contributed by atoms with E-state index in [1.807, 2.05) is 29.2 Å². The molecule has 0 saturated carbocycles. The fourth-order valence-corrected chi connectivity index (χ4v) is 4.10. The number of oxazole rings is 1. The van der Waals surface area contributed by atoms with E-state index in [0.29, 0.717) is 36.9 Å². The van der Waals surface area contributed by atoms with Crippen LogP contribution in [0.4, 0.5) is 5.69 Å². The number of carbonyl (C=O) groups excluding carboxylic acids is 1. The number of hydrogen-bond acceptors (Lipinski definition) is 5. The van der Waals surface area contributed by atoms with Crippen molar-refractivity contribution in [1.82, 2.24) is 4.98 Å². The minimum atomic E-state index is -0.882. The highest BCUT2D eigenvalue weighted by Crippen LogP contribution is 2.36. The van der Waals surface area contributed by atoms with Gasteiger partial charge in [-0.05, 0) is 42.4 Å². The van der Waals surface area contributed by atoms with Gasteiger partial charge < -0.3 is 19.5 Å². The summed E-state index contributed by atoms with van der Waals surface area (Å²) in [4.78, 5) is 28.2. The number of aromatic nitrogens is 1. The second-order valence-electron chi connectivity index (χ2n) is 8.75. The molecule has 1 aromatic heterocycles. The van der Waals surface area contributed by atoms with Crippen molar-refractivity contribution < 1.29 is 19.4 Å². The molecule has 7 nitrogen and oxygen atoms in total. The van der Waals surface area contributed by atoms with Gasteiger partial charge in [-0.15, -0.1) is 0 Å². The zero-order valence-electron chi connectivity index (χ0n) is 17.1. The summed E-state index contributed by atoms with van der Waals surface area (Å²) in [7, 11) is 0. The lowest BCUT2D eigenvalue weighted by Gasteiger charge is -2.29. The van der Waals surface area contributed by atoms with Crippen molar-refractivity contribution in [1.29, 1.82) is 0 Å². The predicted octanol–water partition coefficient (Wildman–Crippen LogP) is 3.65. The number of amides is 1. The number of rotatable bonds is 7. The maximum Gasteiger partial charge on any atom is 0.417 e. The molecule has 1 aliphatic heterocycles. The SMILES string of the molecule is CC(C)(CCC(O)c1cc(O)cc2[nH]c(=O)oc12)CCN1C(=O)Cc2ccccc21. The van der Waals surface area contributed by atoms with Crippen LogP contribution in [0, 0.1) is 5.41 Å². The first-order valence-corrected chi connectivity index (χ1v) is 10.2. The van der Waals surface area contributed by atoms with E-state index in [1.54, 1.807) is 0 Å². The Balaban J connectivity index is 1.41. The van der Waals surface area contributed by atoms with Crippen molar-refractivity contribution in [2.24, 2.45) is 5.41 Å². The molecule has 3 aromatic rings. The number of nitrogens with one attached hydrogen (secondary N) is 1. The van der Waals surface area contributed by atoms with Crippen LogP contribution in [0.5, 0.6) is 5.75 Å². The predicted molar refractivity (Wildman–Crippen MR) is 114 cm³/mol. The highest BCUT2D eigenvalue weighted by atomic mass is 16.4. The smallest absolute Gasteiger partial charge is 0.417 e. The van der Waals surface area contributed by atoms with Gasteiger partial charge in [0.2, 0.25) is 5.91 Å². The van der Waals surface area contributed by atoms with E-state index in [2.05, 4.69) is 18.8 Å². The molecule has 4 rings (SSSR count). The molecule has 0 fully saturated rings. The van der Waals surface area contributed by atoms with Crippen LogP contribution < -0.4 is 10.7 Å². The van der Waals surface area contributed by atoms with E-state index >= 15 is 0 Å². The Labute approximate surface area is 173 Å². The van der Waals surface area contributed by atoms with E-state index < -0.39 is 11.9 Å². The first kappa shape index (κ1) is 20.2. The molecule has 1 unspecified atom stereocenters. The highest BCUT2D eigenvalue weighted by molar-refractivity contribution is 6.01. The summed E-state index contributed by atoms with van der Waals surface area (Å²) in [5.41, 5.74) is 2.96. The molecular formula is C23H26N2O5. The Kier molecular flexibility index (Phi) is 5.15. The fraction of sp³-hybridized carbons (Fsp3) is 0.391. The third-order valence-electron chi connectivity index (χ3n) is 5.92. The zero-order chi connectivity index (χ0) is 21.5. The van der Waals surface area contributed by atoms with Crippen LogP contribution in [-0.4, -0.2) is 27.6 Å². The van der Waals surface area contributed by atoms with E-state index in [1.165, 1.54) is 12.1 Å². The van der Waals surface area contributed by atoms with Crippen molar-refractivity contribution in [2.45, 2.75) is 45.6 Å². The topological polar surface area (TPSA) is 107 Å². The van der Waals surface area contributed by atoms with Crippen LogP contribution in [0.15, 0.2) is 45.6 Å². The Morgan fingerprint density at radius 3 is 2.77 bits per heavy atom. The summed E-state index contributed by atoms with van der Waals surface area (Å²) >= 11 is 0. The number of phenols is 1. The largest absolute Gasteiger partial charge is 0.508 e. The second-order valence-corrected chi connectivity index (χ2v) is 8.75. The third-order valence-corrected chi connectivity index (χ3v) is 5.92. The minimum absolute atomic E-state index is 0.0425. The van der Waals surface area contributed by atoms with Gasteiger partial charge >= 0.3 is 5.76 Å². The first-order valence-electron chi connectivity index (χ1n) is 10.2. The molecule has 0 radical (unpaired) electrons. The molecule has 1 aliphatic rings. The standard InChI is InChI=1S/C23H26N2O5/c1-23(2,9-10-25-18-6-4-3-5-14(18)11-20(25)28)8-7-19(27)16-12-15(26)13-17-21(16)30-22(29)24-17/h3-6,12-13,19,26-27H,7-11H2,1-2H3,(H,24,29). The quantitative estimate of drug-likeness (QED) is 0.551. The molecule has 1 atom stereocenters. The Hall–Kier alpha value is -3.06. The zero-order valence-corrected chi connectivity index (χ0v) is 17.1. The monoisotopic (exact) mass is 410 g/mol. The Morgan fingerprint density at radius 1 is 1.20 bits per heavy atom. The molecule has 1 amide bonds. The van der Waals surface area contributed by atoms with E-state index in [9.17, 15) is 19.8 Å². The van der Waals surface area contributed by atoms with Crippen molar-refractivity contribution in [2.75, 3.05) is 11.4 Å². The number of benzene rings is 2. The van der Waals surface area contributed by atoms with Gasteiger partial charge in [0, 0.05) is 23.9 Å². The molecule has 0 aliphatic carbocycles. The second kappa shape index (κ2) is 7.65. The Bertz CT molecular complexity index is 1140. The lowest BCUT2D eigenvalue weighted by atomic mass is 9.82. The molecule has 158 valence electrons. The van der Waals surface area contributed by atoms with Crippen LogP contribution in [0.1, 0.15) is 50.3 Å². The number of aliphatic hydroxyl groups excluding tert-OH is 1. The molecule has 2 aromatic carbocycles. The van der Waals surface area contributed by atoms with Crippen LogP contribution in [0.2, 0.25) is 0 Å². The van der Waals surface area contributed by atoms with Crippen LogP contribution in [0.25, 0.3) is 11.1 Å². The number of nitrogens with zero attached hydrogens (tertiary/aromatic N) is 1. The Morgan fingerprint density at radius 2 is 1.97 bits per heavy atom. The normalized spacial score (nSPS) is 15.0. The number of para-hydroxylation sites is 1. The fourth-order valence-electron chi connectivity index (χ4n) is 4.10. The molecule has 0 saturated heterocycles. The van der Waals surface area contributed by atoms with Crippen molar-refractivity contribution in [3.8, 4) is 5.75 Å². The van der Waals surface area contributed by atoms with Crippen LogP contribution in [0.3, 0.4) is 0 Å². The molecular weight excluding hydrogens is 384 g/mol. The average Bonchev–Trinajstić information content (AvgIpc) is 3.22. The number of aromatic amines is 1. The van der Waals surface area contributed by atoms with Gasteiger partial charge in [0.05, 0.1) is 18.0 Å². The number of fused-ring (bicyclic) bond motifs is 2. The molecule has 7 heteroatoms. The number of aromatic hydroxyl groups is 1. The van der Waals surface area contributed by atoms with Crippen LogP contribution in [-0.2, 0) is 11.2 Å². The lowest BCUT2D eigenvalue weighted by molar-refractivity contribution is -0.117. The first-order chi connectivity index (χ1) is 14.2. The van der Waals surface area contributed by atoms with E-state index in [-0.39, 0.29) is 22.7 Å². The summed E-state index contributed by atoms with van der Waals surface area (Å²) < 4.78 is 5.14.